The summed E-state index contributed by atoms with van der Waals surface area (Å²) in [6.45, 7) is 0.511. The molecule has 0 fully saturated rings. The summed E-state index contributed by atoms with van der Waals surface area (Å²) in [4.78, 5) is 12.0. The number of nitrogens with zero attached hydrogens (tertiary/aromatic N) is 1. The van der Waals surface area contributed by atoms with Crippen molar-refractivity contribution in [3.63, 3.8) is 0 Å². The van der Waals surface area contributed by atoms with Crippen LogP contribution in [0.3, 0.4) is 0 Å². The van der Waals surface area contributed by atoms with Gasteiger partial charge in [-0.15, -0.1) is 11.3 Å². The van der Waals surface area contributed by atoms with Crippen LogP contribution in [0.4, 0.5) is 9.80 Å². The summed E-state index contributed by atoms with van der Waals surface area (Å²) < 4.78 is 1.98. The molecule has 0 spiro atoms. The topological polar surface area (TPSA) is 46.1 Å². The van der Waals surface area contributed by atoms with Crippen molar-refractivity contribution in [1.82, 2.24) is 9.88 Å². The summed E-state index contributed by atoms with van der Waals surface area (Å²) in [6, 6.07) is 15.5. The minimum absolute atomic E-state index is 0.199. The van der Waals surface area contributed by atoms with Crippen molar-refractivity contribution in [2.75, 3.05) is 5.32 Å². The number of carbonyl (C=O) groups is 1. The van der Waals surface area contributed by atoms with Crippen LogP contribution in [0.1, 0.15) is 5.56 Å². The number of thiophene rings is 1. The number of hydrogen-bond donors (Lipinski definition) is 2. The summed E-state index contributed by atoms with van der Waals surface area (Å²) >= 11 is 1.51. The van der Waals surface area contributed by atoms with Crippen molar-refractivity contribution in [3.05, 3.63) is 71.9 Å². The van der Waals surface area contributed by atoms with Gasteiger partial charge in [0, 0.05) is 18.9 Å². The zero-order valence-corrected chi connectivity index (χ0v) is 12.1. The van der Waals surface area contributed by atoms with E-state index in [9.17, 15) is 4.79 Å². The number of nitrogens with one attached hydrogen (secondary N) is 2. The molecule has 0 saturated heterocycles. The predicted molar refractivity (Wildman–Crippen MR) is 85.9 cm³/mol. The van der Waals surface area contributed by atoms with E-state index in [-0.39, 0.29) is 6.03 Å². The SMILES string of the molecule is O=C(NCc1ccccc1)Nc1sccc1-n1cccc1. The Morgan fingerprint density at radius 3 is 2.57 bits per heavy atom. The van der Waals surface area contributed by atoms with E-state index in [4.69, 9.17) is 0 Å². The van der Waals surface area contributed by atoms with Crippen LogP contribution in [0, 0.1) is 0 Å². The second-order valence-electron chi connectivity index (χ2n) is 4.52. The molecule has 2 heterocycles. The van der Waals surface area contributed by atoms with Gasteiger partial charge in [-0.3, -0.25) is 5.32 Å². The fraction of sp³-hybridized carbons (Fsp3) is 0.0625. The van der Waals surface area contributed by atoms with E-state index in [2.05, 4.69) is 10.6 Å². The Labute approximate surface area is 127 Å². The number of rotatable bonds is 4. The number of hydrogen-bond acceptors (Lipinski definition) is 2. The van der Waals surface area contributed by atoms with E-state index in [1.807, 2.05) is 70.9 Å². The van der Waals surface area contributed by atoms with Gasteiger partial charge in [-0.05, 0) is 29.1 Å². The van der Waals surface area contributed by atoms with E-state index < -0.39 is 0 Å². The molecule has 3 rings (SSSR count). The van der Waals surface area contributed by atoms with Crippen molar-refractivity contribution in [2.24, 2.45) is 0 Å². The highest BCUT2D eigenvalue weighted by atomic mass is 32.1. The zero-order valence-electron chi connectivity index (χ0n) is 11.3. The third-order valence-corrected chi connectivity index (χ3v) is 3.87. The minimum Gasteiger partial charge on any atom is -0.334 e. The van der Waals surface area contributed by atoms with Gasteiger partial charge in [-0.2, -0.15) is 0 Å². The standard InChI is InChI=1S/C16H15N3OS/c20-16(17-12-13-6-2-1-3-7-13)18-15-14(8-11-21-15)19-9-4-5-10-19/h1-11H,12H2,(H2,17,18,20). The number of amides is 2. The second-order valence-corrected chi connectivity index (χ2v) is 5.43. The molecular weight excluding hydrogens is 282 g/mol. The van der Waals surface area contributed by atoms with Crippen LogP contribution in [0.25, 0.3) is 5.69 Å². The average Bonchev–Trinajstić information content (AvgIpc) is 3.17. The molecule has 21 heavy (non-hydrogen) atoms. The highest BCUT2D eigenvalue weighted by Crippen LogP contribution is 2.26. The van der Waals surface area contributed by atoms with Crippen LogP contribution >= 0.6 is 11.3 Å². The first-order valence-electron chi connectivity index (χ1n) is 6.62. The fourth-order valence-electron chi connectivity index (χ4n) is 2.02. The summed E-state index contributed by atoms with van der Waals surface area (Å²) in [5, 5.41) is 8.54. The van der Waals surface area contributed by atoms with Gasteiger partial charge in [-0.1, -0.05) is 30.3 Å². The van der Waals surface area contributed by atoms with Crippen molar-refractivity contribution in [1.29, 1.82) is 0 Å². The highest BCUT2D eigenvalue weighted by molar-refractivity contribution is 7.14. The number of urea groups is 1. The lowest BCUT2D eigenvalue weighted by Gasteiger charge is -2.09. The van der Waals surface area contributed by atoms with Crippen LogP contribution in [-0.2, 0) is 6.54 Å². The minimum atomic E-state index is -0.199. The van der Waals surface area contributed by atoms with Gasteiger partial charge < -0.3 is 9.88 Å². The normalized spacial score (nSPS) is 10.3. The third-order valence-electron chi connectivity index (χ3n) is 3.05. The van der Waals surface area contributed by atoms with Crippen molar-refractivity contribution in [2.45, 2.75) is 6.54 Å². The lowest BCUT2D eigenvalue weighted by molar-refractivity contribution is 0.252. The van der Waals surface area contributed by atoms with Gasteiger partial charge in [-0.25, -0.2) is 4.79 Å². The molecular formula is C16H15N3OS. The Morgan fingerprint density at radius 1 is 1.05 bits per heavy atom. The Morgan fingerprint density at radius 2 is 1.81 bits per heavy atom. The maximum absolute atomic E-state index is 12.0. The first-order valence-corrected chi connectivity index (χ1v) is 7.50. The Bertz CT molecular complexity index is 704. The molecule has 4 nitrogen and oxygen atoms in total. The first-order chi connectivity index (χ1) is 10.3. The molecule has 0 aliphatic carbocycles. The van der Waals surface area contributed by atoms with E-state index in [0.29, 0.717) is 6.54 Å². The maximum Gasteiger partial charge on any atom is 0.320 e. The molecule has 2 aromatic heterocycles. The van der Waals surface area contributed by atoms with Crippen LogP contribution in [-0.4, -0.2) is 10.6 Å². The fourth-order valence-corrected chi connectivity index (χ4v) is 2.80. The van der Waals surface area contributed by atoms with Crippen LogP contribution in [0.2, 0.25) is 0 Å². The number of aromatic nitrogens is 1. The van der Waals surface area contributed by atoms with Gasteiger partial charge in [0.05, 0.1) is 5.69 Å². The largest absolute Gasteiger partial charge is 0.334 e. The van der Waals surface area contributed by atoms with E-state index in [1.165, 1.54) is 11.3 Å². The lowest BCUT2D eigenvalue weighted by Crippen LogP contribution is -2.28. The summed E-state index contributed by atoms with van der Waals surface area (Å²) in [5.41, 5.74) is 2.05. The number of benzene rings is 1. The Balaban J connectivity index is 1.62. The van der Waals surface area contributed by atoms with Crippen LogP contribution in [0.15, 0.2) is 66.3 Å². The highest BCUT2D eigenvalue weighted by Gasteiger charge is 2.09. The quantitative estimate of drug-likeness (QED) is 0.754. The average molecular weight is 297 g/mol. The Kier molecular flexibility index (Phi) is 4.02. The molecule has 0 radical (unpaired) electrons. The van der Waals surface area contributed by atoms with Crippen molar-refractivity contribution < 1.29 is 4.79 Å². The molecule has 0 aliphatic rings. The molecule has 0 saturated carbocycles. The molecule has 3 aromatic rings. The van der Waals surface area contributed by atoms with Gasteiger partial charge in [0.15, 0.2) is 0 Å². The van der Waals surface area contributed by atoms with Gasteiger partial charge in [0.25, 0.3) is 0 Å². The molecule has 0 atom stereocenters. The number of anilines is 1. The molecule has 2 amide bonds. The van der Waals surface area contributed by atoms with Crippen LogP contribution < -0.4 is 10.6 Å². The van der Waals surface area contributed by atoms with E-state index in [0.717, 1.165) is 16.3 Å². The first kappa shape index (κ1) is 13.5. The molecule has 2 N–H and O–H groups in total. The molecule has 106 valence electrons. The van der Waals surface area contributed by atoms with E-state index in [1.54, 1.807) is 0 Å². The van der Waals surface area contributed by atoms with Gasteiger partial charge >= 0.3 is 6.03 Å². The van der Waals surface area contributed by atoms with Gasteiger partial charge in [0.1, 0.15) is 5.00 Å². The Hall–Kier alpha value is -2.53. The lowest BCUT2D eigenvalue weighted by atomic mass is 10.2. The molecule has 0 aliphatic heterocycles. The smallest absolute Gasteiger partial charge is 0.320 e. The maximum atomic E-state index is 12.0. The van der Waals surface area contributed by atoms with Crippen molar-refractivity contribution in [3.8, 4) is 5.69 Å². The third kappa shape index (κ3) is 3.32. The number of carbonyl (C=O) groups excluding carboxylic acids is 1. The van der Waals surface area contributed by atoms with E-state index >= 15 is 0 Å². The van der Waals surface area contributed by atoms with Crippen molar-refractivity contribution >= 4 is 22.4 Å². The van der Waals surface area contributed by atoms with Gasteiger partial charge in [0.2, 0.25) is 0 Å². The summed E-state index contributed by atoms with van der Waals surface area (Å²) in [5.74, 6) is 0. The molecule has 1 aromatic carbocycles. The molecule has 0 unspecified atom stereocenters. The zero-order chi connectivity index (χ0) is 14.5. The summed E-state index contributed by atoms with van der Waals surface area (Å²) in [6.07, 6.45) is 3.91. The second kappa shape index (κ2) is 6.28. The van der Waals surface area contributed by atoms with Crippen LogP contribution in [0.5, 0.6) is 0 Å². The molecule has 5 heteroatoms. The molecule has 0 bridgehead atoms. The monoisotopic (exact) mass is 297 g/mol. The predicted octanol–water partition coefficient (Wildman–Crippen LogP) is 3.86. The summed E-state index contributed by atoms with van der Waals surface area (Å²) in [7, 11) is 0.